The molecule has 6 nitrogen and oxygen atoms in total. The molecule has 4 rings (SSSR count). The number of hydrogen-bond donors (Lipinski definition) is 1. The van der Waals surface area contributed by atoms with E-state index in [2.05, 4.69) is 15.3 Å². The van der Waals surface area contributed by atoms with Gasteiger partial charge < -0.3 is 0 Å². The van der Waals surface area contributed by atoms with Crippen LogP contribution >= 0.6 is 11.3 Å². The van der Waals surface area contributed by atoms with Crippen LogP contribution in [-0.2, 0) is 6.42 Å². The fourth-order valence-corrected chi connectivity index (χ4v) is 3.84. The van der Waals surface area contributed by atoms with Crippen LogP contribution in [0.2, 0.25) is 0 Å². The van der Waals surface area contributed by atoms with Crippen LogP contribution in [0.1, 0.15) is 44.4 Å². The highest BCUT2D eigenvalue weighted by atomic mass is 32.1. The van der Waals surface area contributed by atoms with E-state index in [9.17, 15) is 9.59 Å². The Morgan fingerprint density at radius 2 is 2.17 bits per heavy atom. The average Bonchev–Trinajstić information content (AvgIpc) is 3.07. The Hall–Kier alpha value is -2.54. The Morgan fingerprint density at radius 3 is 3.00 bits per heavy atom. The minimum absolute atomic E-state index is 0.121. The number of Topliss-reactive ketones (excluding diaryl/α,β-unsaturated/α-hetero) is 1. The van der Waals surface area contributed by atoms with Crippen molar-refractivity contribution in [3.63, 3.8) is 0 Å². The van der Waals surface area contributed by atoms with Gasteiger partial charge in [-0.05, 0) is 31.9 Å². The summed E-state index contributed by atoms with van der Waals surface area (Å²) in [4.78, 5) is 34.0. The Morgan fingerprint density at radius 1 is 1.30 bits per heavy atom. The molecular weight excluding hydrogens is 312 g/mol. The number of imidazole rings is 1. The number of rotatable bonds is 2. The average molecular weight is 326 g/mol. The normalized spacial score (nSPS) is 14.0. The van der Waals surface area contributed by atoms with E-state index in [4.69, 9.17) is 0 Å². The molecule has 116 valence electrons. The highest BCUT2D eigenvalue weighted by Crippen LogP contribution is 2.30. The summed E-state index contributed by atoms with van der Waals surface area (Å²) in [7, 11) is 0. The zero-order valence-corrected chi connectivity index (χ0v) is 13.3. The maximum Gasteiger partial charge on any atom is 0.276 e. The summed E-state index contributed by atoms with van der Waals surface area (Å²) in [5.41, 5.74) is 2.67. The van der Waals surface area contributed by atoms with Crippen molar-refractivity contribution in [1.82, 2.24) is 14.4 Å². The molecule has 7 heteroatoms. The van der Waals surface area contributed by atoms with Gasteiger partial charge in [-0.3, -0.25) is 19.3 Å². The lowest BCUT2D eigenvalue weighted by molar-refractivity contribution is 0.0975. The molecule has 0 radical (unpaired) electrons. The van der Waals surface area contributed by atoms with Gasteiger partial charge in [0.1, 0.15) is 11.3 Å². The van der Waals surface area contributed by atoms with E-state index in [1.165, 1.54) is 11.3 Å². The summed E-state index contributed by atoms with van der Waals surface area (Å²) in [6.07, 6.45) is 3.99. The lowest BCUT2D eigenvalue weighted by Crippen LogP contribution is -2.15. The van der Waals surface area contributed by atoms with Gasteiger partial charge >= 0.3 is 0 Å². The second-order valence-electron chi connectivity index (χ2n) is 5.50. The predicted octanol–water partition coefficient (Wildman–Crippen LogP) is 2.87. The Bertz CT molecular complexity index is 941. The van der Waals surface area contributed by atoms with Crippen molar-refractivity contribution in [3.8, 4) is 0 Å². The SMILES string of the molecule is Cc1nc2ccccn2c1C(=O)Nc1nc2c(s1)C(=O)CCC2. The van der Waals surface area contributed by atoms with Crippen LogP contribution in [0.5, 0.6) is 0 Å². The van der Waals surface area contributed by atoms with Crippen molar-refractivity contribution in [2.45, 2.75) is 26.2 Å². The van der Waals surface area contributed by atoms with Crippen LogP contribution in [0.3, 0.4) is 0 Å². The van der Waals surface area contributed by atoms with Crippen LogP contribution in [0.25, 0.3) is 5.65 Å². The first-order valence-electron chi connectivity index (χ1n) is 7.41. The van der Waals surface area contributed by atoms with Crippen molar-refractivity contribution < 1.29 is 9.59 Å². The van der Waals surface area contributed by atoms with Crippen LogP contribution in [-0.4, -0.2) is 26.1 Å². The monoisotopic (exact) mass is 326 g/mol. The molecule has 1 amide bonds. The van der Waals surface area contributed by atoms with E-state index in [0.717, 1.165) is 24.2 Å². The molecule has 0 saturated carbocycles. The van der Waals surface area contributed by atoms with Crippen LogP contribution in [0, 0.1) is 6.92 Å². The summed E-state index contributed by atoms with van der Waals surface area (Å²) in [5, 5.41) is 3.28. The number of thiazole rings is 1. The molecule has 3 heterocycles. The van der Waals surface area contributed by atoms with Gasteiger partial charge in [-0.2, -0.15) is 0 Å². The quantitative estimate of drug-likeness (QED) is 0.785. The number of anilines is 1. The summed E-state index contributed by atoms with van der Waals surface area (Å²) in [5.74, 6) is -0.144. The molecule has 0 fully saturated rings. The van der Waals surface area contributed by atoms with E-state index in [1.54, 1.807) is 17.5 Å². The van der Waals surface area contributed by atoms with Gasteiger partial charge in [0.05, 0.1) is 16.3 Å². The summed E-state index contributed by atoms with van der Waals surface area (Å²) < 4.78 is 1.75. The molecule has 0 bridgehead atoms. The number of carbonyl (C=O) groups is 2. The number of amides is 1. The highest BCUT2D eigenvalue weighted by Gasteiger charge is 2.24. The molecule has 23 heavy (non-hydrogen) atoms. The van der Waals surface area contributed by atoms with Crippen LogP contribution in [0.4, 0.5) is 5.13 Å². The maximum atomic E-state index is 12.6. The molecule has 3 aromatic rings. The minimum Gasteiger partial charge on any atom is -0.296 e. The van der Waals surface area contributed by atoms with Gasteiger partial charge in [0.15, 0.2) is 10.9 Å². The molecule has 0 saturated heterocycles. The van der Waals surface area contributed by atoms with Crippen molar-refractivity contribution in [1.29, 1.82) is 0 Å². The molecule has 0 spiro atoms. The molecule has 0 aliphatic heterocycles. The zero-order valence-electron chi connectivity index (χ0n) is 12.5. The lowest BCUT2D eigenvalue weighted by atomic mass is 10.0. The topological polar surface area (TPSA) is 76.4 Å². The largest absolute Gasteiger partial charge is 0.296 e. The van der Waals surface area contributed by atoms with Gasteiger partial charge in [-0.1, -0.05) is 17.4 Å². The maximum absolute atomic E-state index is 12.6. The summed E-state index contributed by atoms with van der Waals surface area (Å²) >= 11 is 1.26. The first kappa shape index (κ1) is 14.1. The molecule has 0 unspecified atom stereocenters. The Labute approximate surface area is 136 Å². The van der Waals surface area contributed by atoms with Crippen LogP contribution in [0.15, 0.2) is 24.4 Å². The van der Waals surface area contributed by atoms with Crippen molar-refractivity contribution in [2.75, 3.05) is 5.32 Å². The third kappa shape index (κ3) is 2.33. The number of carbonyl (C=O) groups excluding carboxylic acids is 2. The molecule has 3 aromatic heterocycles. The second kappa shape index (κ2) is 5.27. The number of ketones is 1. The zero-order chi connectivity index (χ0) is 16.0. The molecule has 0 atom stereocenters. The van der Waals surface area contributed by atoms with Gasteiger partial charge in [0, 0.05) is 12.6 Å². The Balaban J connectivity index is 1.67. The first-order valence-corrected chi connectivity index (χ1v) is 8.23. The smallest absolute Gasteiger partial charge is 0.276 e. The third-order valence-electron chi connectivity index (χ3n) is 3.91. The van der Waals surface area contributed by atoms with E-state index in [-0.39, 0.29) is 11.7 Å². The van der Waals surface area contributed by atoms with Crippen LogP contribution < -0.4 is 5.32 Å². The van der Waals surface area contributed by atoms with E-state index in [1.807, 2.05) is 18.2 Å². The number of fused-ring (bicyclic) bond motifs is 2. The number of pyridine rings is 1. The molecule has 1 N–H and O–H groups in total. The Kier molecular flexibility index (Phi) is 3.23. The van der Waals surface area contributed by atoms with E-state index >= 15 is 0 Å². The summed E-state index contributed by atoms with van der Waals surface area (Å²) in [6.45, 7) is 1.80. The number of aromatic nitrogens is 3. The lowest BCUT2D eigenvalue weighted by Gasteiger charge is -2.05. The number of nitrogens with zero attached hydrogens (tertiary/aromatic N) is 3. The van der Waals surface area contributed by atoms with Gasteiger partial charge in [-0.15, -0.1) is 0 Å². The second-order valence-corrected chi connectivity index (χ2v) is 6.50. The van der Waals surface area contributed by atoms with Crippen molar-refractivity contribution in [3.05, 3.63) is 46.4 Å². The number of aryl methyl sites for hydroxylation is 2. The van der Waals surface area contributed by atoms with E-state index in [0.29, 0.717) is 27.8 Å². The summed E-state index contributed by atoms with van der Waals surface area (Å²) in [6, 6.07) is 5.58. The van der Waals surface area contributed by atoms with Crippen molar-refractivity contribution >= 4 is 33.8 Å². The number of nitrogens with one attached hydrogen (secondary N) is 1. The van der Waals surface area contributed by atoms with Gasteiger partial charge in [0.25, 0.3) is 5.91 Å². The first-order chi connectivity index (χ1) is 11.1. The van der Waals surface area contributed by atoms with Crippen molar-refractivity contribution in [2.24, 2.45) is 0 Å². The minimum atomic E-state index is -0.264. The van der Waals surface area contributed by atoms with Gasteiger partial charge in [0.2, 0.25) is 0 Å². The van der Waals surface area contributed by atoms with Gasteiger partial charge in [-0.25, -0.2) is 9.97 Å². The molecule has 1 aliphatic rings. The molecule has 1 aliphatic carbocycles. The highest BCUT2D eigenvalue weighted by molar-refractivity contribution is 7.17. The fourth-order valence-electron chi connectivity index (χ4n) is 2.87. The number of hydrogen-bond acceptors (Lipinski definition) is 5. The van der Waals surface area contributed by atoms with E-state index < -0.39 is 0 Å². The third-order valence-corrected chi connectivity index (χ3v) is 4.96. The molecule has 0 aromatic carbocycles. The predicted molar refractivity (Wildman–Crippen MR) is 87.3 cm³/mol. The molecular formula is C16H14N4O2S. The standard InChI is InChI=1S/C16H14N4O2S/c1-9-13(20-8-3-2-7-12(20)17-9)15(22)19-16-18-10-5-4-6-11(21)14(10)23-16/h2-3,7-8H,4-6H2,1H3,(H,18,19,22). The fraction of sp³-hybridized carbons (Fsp3) is 0.250.